The van der Waals surface area contributed by atoms with E-state index in [-0.39, 0.29) is 18.1 Å². The Morgan fingerprint density at radius 3 is 2.59 bits per heavy atom. The van der Waals surface area contributed by atoms with Crippen LogP contribution in [0.5, 0.6) is 5.75 Å². The fraction of sp³-hybridized carbons (Fsp3) is 0.500. The van der Waals surface area contributed by atoms with Crippen molar-refractivity contribution in [2.24, 2.45) is 11.8 Å². The van der Waals surface area contributed by atoms with E-state index >= 15 is 0 Å². The lowest BCUT2D eigenvalue weighted by Gasteiger charge is -2.22. The number of benzene rings is 2. The molecule has 0 spiro atoms. The van der Waals surface area contributed by atoms with E-state index in [9.17, 15) is 9.35 Å². The zero-order valence-corrected chi connectivity index (χ0v) is 20.8. The number of hydrogen-bond acceptors (Lipinski definition) is 6. The van der Waals surface area contributed by atoms with Crippen molar-refractivity contribution in [2.45, 2.75) is 38.9 Å². The molecular formula is C26H33N3O4S. The van der Waals surface area contributed by atoms with E-state index < -0.39 is 11.5 Å². The van der Waals surface area contributed by atoms with Gasteiger partial charge in [-0.25, -0.2) is 0 Å². The van der Waals surface area contributed by atoms with Crippen LogP contribution in [-0.4, -0.2) is 65.2 Å². The van der Waals surface area contributed by atoms with E-state index in [1.807, 2.05) is 58.6 Å². The zero-order valence-electron chi connectivity index (χ0n) is 20.0. The van der Waals surface area contributed by atoms with Crippen LogP contribution >= 0.6 is 0 Å². The van der Waals surface area contributed by atoms with E-state index in [4.69, 9.17) is 9.47 Å². The van der Waals surface area contributed by atoms with Gasteiger partial charge in [0.15, 0.2) is 11.5 Å². The van der Waals surface area contributed by atoms with Crippen LogP contribution in [0.4, 0.5) is 5.69 Å². The van der Waals surface area contributed by atoms with Crippen molar-refractivity contribution >= 4 is 23.1 Å². The quantitative estimate of drug-likeness (QED) is 0.580. The number of anilines is 1. The number of nitrogens with zero attached hydrogens (tertiary/aromatic N) is 2. The molecule has 2 heterocycles. The number of likely N-dealkylation sites (tertiary alicyclic amines) is 1. The molecule has 5 rings (SSSR count). The summed E-state index contributed by atoms with van der Waals surface area (Å²) in [5, 5.41) is 0. The van der Waals surface area contributed by atoms with Crippen LogP contribution in [0.25, 0.3) is 0 Å². The molecule has 1 saturated carbocycles. The third-order valence-corrected chi connectivity index (χ3v) is 8.44. The fourth-order valence-corrected chi connectivity index (χ4v) is 6.31. The predicted octanol–water partition coefficient (Wildman–Crippen LogP) is 3.42. The second-order valence-electron chi connectivity index (χ2n) is 9.59. The lowest BCUT2D eigenvalue weighted by atomic mass is 9.99. The maximum Gasteiger partial charge on any atom is 0.254 e. The number of aryl methyl sites for hydroxylation is 2. The Morgan fingerprint density at radius 1 is 1.12 bits per heavy atom. The monoisotopic (exact) mass is 483 g/mol. The van der Waals surface area contributed by atoms with Crippen molar-refractivity contribution < 1.29 is 18.8 Å². The zero-order chi connectivity index (χ0) is 23.8. The van der Waals surface area contributed by atoms with Gasteiger partial charge in [0.25, 0.3) is 5.91 Å². The Labute approximate surface area is 204 Å². The first kappa shape index (κ1) is 23.5. The second-order valence-corrected chi connectivity index (χ2v) is 10.8. The minimum absolute atomic E-state index is 0.0255. The first-order valence-electron chi connectivity index (χ1n) is 12.1. The van der Waals surface area contributed by atoms with Crippen molar-refractivity contribution in [3.8, 4) is 5.75 Å². The number of carbonyl (C=O) groups excluding carboxylic acids is 1. The van der Waals surface area contributed by atoms with Gasteiger partial charge in [0.2, 0.25) is 0 Å². The summed E-state index contributed by atoms with van der Waals surface area (Å²) in [5.41, 5.74) is 3.59. The van der Waals surface area contributed by atoms with Crippen molar-refractivity contribution in [3.63, 3.8) is 0 Å². The Hall–Kier alpha value is -2.26. The van der Waals surface area contributed by atoms with Crippen LogP contribution in [0, 0.1) is 18.8 Å². The van der Waals surface area contributed by atoms with Crippen LogP contribution in [0.2, 0.25) is 0 Å². The average Bonchev–Trinajstić information content (AvgIpc) is 3.24. The normalized spacial score (nSPS) is 26.9. The summed E-state index contributed by atoms with van der Waals surface area (Å²) in [7, 11) is 1.65. The number of fused-ring (bicyclic) bond motifs is 1. The van der Waals surface area contributed by atoms with Gasteiger partial charge in [0.1, 0.15) is 18.0 Å². The highest BCUT2D eigenvalue weighted by atomic mass is 32.2. The van der Waals surface area contributed by atoms with Gasteiger partial charge in [-0.2, -0.15) is 4.72 Å². The minimum atomic E-state index is -1.25. The molecule has 8 heteroatoms. The molecule has 0 radical (unpaired) electrons. The third-order valence-electron chi connectivity index (χ3n) is 7.27. The lowest BCUT2D eigenvalue weighted by molar-refractivity contribution is 0.0340. The molecular weight excluding hydrogens is 450 g/mol. The standard InChI is InChI=1S/C26H33N3O4S/c1-4-18-8-5-7-17(2)25(18)26(30)28-15-23(32-3)24(16-28)33-22-10-6-9-21(12-22)27-34(31)29-13-19-11-20(19)14-29/h5-10,12,19-20,23-24,27H,4,11,13-16H2,1-3H3/t19?,20?,23?,24-,34?/m1/s1. The molecule has 2 saturated heterocycles. The average molecular weight is 484 g/mol. The predicted molar refractivity (Wildman–Crippen MR) is 133 cm³/mol. The highest BCUT2D eigenvalue weighted by Gasteiger charge is 2.49. The number of rotatable bonds is 8. The van der Waals surface area contributed by atoms with Gasteiger partial charge in [-0.05, 0) is 54.9 Å². The van der Waals surface area contributed by atoms with Crippen LogP contribution < -0.4 is 9.46 Å². The van der Waals surface area contributed by atoms with Crippen LogP contribution in [0.1, 0.15) is 34.8 Å². The van der Waals surface area contributed by atoms with Crippen molar-refractivity contribution in [1.29, 1.82) is 0 Å². The van der Waals surface area contributed by atoms with Gasteiger partial charge in [0, 0.05) is 31.8 Å². The summed E-state index contributed by atoms with van der Waals surface area (Å²) >= 11 is -1.25. The molecule has 34 heavy (non-hydrogen) atoms. The van der Waals surface area contributed by atoms with E-state index in [2.05, 4.69) is 11.6 Å². The molecule has 2 aromatic carbocycles. The molecule has 2 aliphatic heterocycles. The number of ether oxygens (including phenoxy) is 2. The summed E-state index contributed by atoms with van der Waals surface area (Å²) in [6, 6.07) is 13.5. The molecule has 1 amide bonds. The van der Waals surface area contributed by atoms with E-state index in [0.717, 1.165) is 53.7 Å². The number of amides is 1. The Balaban J connectivity index is 1.24. The Kier molecular flexibility index (Phi) is 6.75. The fourth-order valence-electron chi connectivity index (χ4n) is 5.20. The van der Waals surface area contributed by atoms with E-state index in [1.165, 1.54) is 6.42 Å². The van der Waals surface area contributed by atoms with Crippen LogP contribution in [-0.2, 0) is 22.7 Å². The topological polar surface area (TPSA) is 77.1 Å². The first-order chi connectivity index (χ1) is 16.5. The summed E-state index contributed by atoms with van der Waals surface area (Å²) in [4.78, 5) is 15.2. The third kappa shape index (κ3) is 4.77. The highest BCUT2D eigenvalue weighted by Crippen LogP contribution is 2.45. The SMILES string of the molecule is CCc1cccc(C)c1C(=O)N1CC(OC)[C@H](Oc2cccc(N[S+]([O-])N3CC4CC4C3)c2)C1. The van der Waals surface area contributed by atoms with Gasteiger partial charge in [-0.3, -0.25) is 4.79 Å². The molecule has 5 atom stereocenters. The molecule has 182 valence electrons. The van der Waals surface area contributed by atoms with Gasteiger partial charge in [-0.1, -0.05) is 31.2 Å². The molecule has 1 aliphatic carbocycles. The van der Waals surface area contributed by atoms with Gasteiger partial charge >= 0.3 is 0 Å². The van der Waals surface area contributed by atoms with E-state index in [0.29, 0.717) is 18.8 Å². The smallest absolute Gasteiger partial charge is 0.254 e. The highest BCUT2D eigenvalue weighted by molar-refractivity contribution is 7.90. The summed E-state index contributed by atoms with van der Waals surface area (Å²) in [6.45, 7) is 6.80. The summed E-state index contributed by atoms with van der Waals surface area (Å²) in [6.07, 6.45) is 1.58. The largest absolute Gasteiger partial charge is 0.573 e. The summed E-state index contributed by atoms with van der Waals surface area (Å²) in [5.74, 6) is 2.15. The Morgan fingerprint density at radius 2 is 1.85 bits per heavy atom. The minimum Gasteiger partial charge on any atom is -0.573 e. The number of piperidine rings is 1. The molecule has 1 N–H and O–H groups in total. The molecule has 7 nitrogen and oxygen atoms in total. The summed E-state index contributed by atoms with van der Waals surface area (Å²) < 4.78 is 29.8. The molecule has 2 aromatic rings. The van der Waals surface area contributed by atoms with Crippen molar-refractivity contribution in [2.75, 3.05) is 38.0 Å². The first-order valence-corrected chi connectivity index (χ1v) is 13.2. The number of nitrogens with one attached hydrogen (secondary N) is 1. The number of methoxy groups -OCH3 is 1. The van der Waals surface area contributed by atoms with Crippen LogP contribution in [0.15, 0.2) is 42.5 Å². The molecule has 0 aromatic heterocycles. The van der Waals surface area contributed by atoms with E-state index in [1.54, 1.807) is 7.11 Å². The maximum absolute atomic E-state index is 13.4. The number of carbonyl (C=O) groups is 1. The van der Waals surface area contributed by atoms with Gasteiger partial charge in [-0.15, -0.1) is 4.31 Å². The van der Waals surface area contributed by atoms with Crippen molar-refractivity contribution in [3.05, 3.63) is 59.2 Å². The van der Waals surface area contributed by atoms with Crippen molar-refractivity contribution in [1.82, 2.24) is 9.21 Å². The Bertz CT molecular complexity index is 1040. The van der Waals surface area contributed by atoms with Gasteiger partial charge in [0.05, 0.1) is 18.8 Å². The second kappa shape index (κ2) is 9.77. The molecule has 0 bridgehead atoms. The molecule has 3 aliphatic rings. The molecule has 4 unspecified atom stereocenters. The molecule has 3 fully saturated rings. The number of hydrogen-bond donors (Lipinski definition) is 1. The lowest BCUT2D eigenvalue weighted by Crippen LogP contribution is -2.35. The van der Waals surface area contributed by atoms with Gasteiger partial charge < -0.3 is 18.9 Å². The maximum atomic E-state index is 13.4. The van der Waals surface area contributed by atoms with Crippen LogP contribution in [0.3, 0.4) is 0 Å².